The van der Waals surface area contributed by atoms with Gasteiger partial charge in [-0.3, -0.25) is 9.78 Å². The van der Waals surface area contributed by atoms with Gasteiger partial charge in [0.2, 0.25) is 0 Å². The van der Waals surface area contributed by atoms with Gasteiger partial charge in [0.25, 0.3) is 5.91 Å². The first-order chi connectivity index (χ1) is 9.72. The Balaban J connectivity index is 2.10. The van der Waals surface area contributed by atoms with Crippen molar-refractivity contribution in [1.29, 1.82) is 0 Å². The van der Waals surface area contributed by atoms with Gasteiger partial charge in [0.15, 0.2) is 0 Å². The fourth-order valence-electron chi connectivity index (χ4n) is 2.04. The number of hydrogen-bond donors (Lipinski definition) is 1. The molecule has 1 unspecified atom stereocenters. The molecule has 1 aliphatic heterocycles. The number of amides is 1. The van der Waals surface area contributed by atoms with E-state index >= 15 is 0 Å². The molecule has 1 N–H and O–H groups in total. The van der Waals surface area contributed by atoms with Crippen molar-refractivity contribution < 1.29 is 14.6 Å². The van der Waals surface area contributed by atoms with Crippen LogP contribution < -0.4 is 0 Å². The van der Waals surface area contributed by atoms with Crippen LogP contribution in [0.1, 0.15) is 28.8 Å². The zero-order valence-electron chi connectivity index (χ0n) is 11.5. The van der Waals surface area contributed by atoms with Crippen LogP contribution in [0.25, 0.3) is 0 Å². The van der Waals surface area contributed by atoms with Crippen molar-refractivity contribution in [2.75, 3.05) is 26.9 Å². The van der Waals surface area contributed by atoms with Crippen molar-refractivity contribution in [1.82, 2.24) is 9.88 Å². The highest BCUT2D eigenvalue weighted by atomic mass is 16.5. The van der Waals surface area contributed by atoms with E-state index in [1.54, 1.807) is 30.4 Å². The fourth-order valence-corrected chi connectivity index (χ4v) is 2.04. The lowest BCUT2D eigenvalue weighted by atomic mass is 10.1. The monoisotopic (exact) mass is 274 g/mol. The molecule has 20 heavy (non-hydrogen) atoms. The lowest BCUT2D eigenvalue weighted by Crippen LogP contribution is -2.37. The molecule has 1 fully saturated rings. The van der Waals surface area contributed by atoms with Crippen LogP contribution in [0.15, 0.2) is 18.5 Å². The molecule has 0 radical (unpaired) electrons. The predicted molar refractivity (Wildman–Crippen MR) is 74.1 cm³/mol. The summed E-state index contributed by atoms with van der Waals surface area (Å²) >= 11 is 0. The average Bonchev–Trinajstić information content (AvgIpc) is 3.00. The van der Waals surface area contributed by atoms with Crippen molar-refractivity contribution in [3.8, 4) is 11.8 Å². The maximum Gasteiger partial charge on any atom is 0.255 e. The number of pyridine rings is 1. The predicted octanol–water partition coefficient (Wildman–Crippen LogP) is 0.676. The van der Waals surface area contributed by atoms with Crippen molar-refractivity contribution in [2.24, 2.45) is 0 Å². The zero-order valence-corrected chi connectivity index (χ0v) is 11.5. The molecular weight excluding hydrogens is 256 g/mol. The number of hydrogen-bond acceptors (Lipinski definition) is 4. The molecule has 1 aromatic rings. The fraction of sp³-hybridized carbons (Fsp3) is 0.467. The number of rotatable bonds is 3. The van der Waals surface area contributed by atoms with Crippen LogP contribution in [-0.2, 0) is 4.74 Å². The van der Waals surface area contributed by atoms with E-state index in [1.807, 2.05) is 0 Å². The maximum atomic E-state index is 12.4. The smallest absolute Gasteiger partial charge is 0.255 e. The average molecular weight is 274 g/mol. The van der Waals surface area contributed by atoms with Gasteiger partial charge >= 0.3 is 0 Å². The van der Waals surface area contributed by atoms with Crippen LogP contribution in [0.4, 0.5) is 0 Å². The lowest BCUT2D eigenvalue weighted by molar-refractivity contribution is 0.0711. The molecule has 5 heteroatoms. The summed E-state index contributed by atoms with van der Waals surface area (Å²) < 4.78 is 5.30. The summed E-state index contributed by atoms with van der Waals surface area (Å²) in [4.78, 5) is 18.1. The van der Waals surface area contributed by atoms with Gasteiger partial charge in [0.05, 0.1) is 24.8 Å². The van der Waals surface area contributed by atoms with Crippen LogP contribution >= 0.6 is 0 Å². The second-order valence-corrected chi connectivity index (χ2v) is 4.67. The first-order valence-electron chi connectivity index (χ1n) is 6.62. The van der Waals surface area contributed by atoms with Gasteiger partial charge in [-0.25, -0.2) is 0 Å². The van der Waals surface area contributed by atoms with Gasteiger partial charge in [-0.15, -0.1) is 0 Å². The highest BCUT2D eigenvalue weighted by Crippen LogP contribution is 2.14. The molecule has 1 aromatic heterocycles. The molecule has 106 valence electrons. The van der Waals surface area contributed by atoms with Gasteiger partial charge in [0, 0.05) is 38.0 Å². The van der Waals surface area contributed by atoms with Crippen molar-refractivity contribution in [3.63, 3.8) is 0 Å². The summed E-state index contributed by atoms with van der Waals surface area (Å²) in [5, 5.41) is 8.69. The number of aliphatic hydroxyl groups excluding tert-OH is 1. The summed E-state index contributed by atoms with van der Waals surface area (Å²) in [6.07, 6.45) is 4.44. The SMILES string of the molecule is CN(C(=O)c1cncc(C#CCCO)c1)C1CCOC1. The maximum absolute atomic E-state index is 12.4. The Morgan fingerprint density at radius 3 is 3.15 bits per heavy atom. The molecule has 5 nitrogen and oxygen atoms in total. The standard InChI is InChI=1S/C15H18N2O3/c1-17(14-5-7-20-11-14)15(19)13-8-12(9-16-10-13)4-2-3-6-18/h8-10,14,18H,3,5-7,11H2,1H3. The van der Waals surface area contributed by atoms with E-state index in [9.17, 15) is 4.79 Å². The van der Waals surface area contributed by atoms with E-state index < -0.39 is 0 Å². The highest BCUT2D eigenvalue weighted by molar-refractivity contribution is 5.94. The molecule has 0 aliphatic carbocycles. The van der Waals surface area contributed by atoms with Gasteiger partial charge < -0.3 is 14.7 Å². The Morgan fingerprint density at radius 1 is 1.60 bits per heavy atom. The van der Waals surface area contributed by atoms with Gasteiger partial charge in [0.1, 0.15) is 0 Å². The molecule has 0 aromatic carbocycles. The molecule has 1 amide bonds. The third kappa shape index (κ3) is 3.56. The number of carbonyl (C=O) groups excluding carboxylic acids is 1. The second-order valence-electron chi connectivity index (χ2n) is 4.67. The van der Waals surface area contributed by atoms with Crippen molar-refractivity contribution in [2.45, 2.75) is 18.9 Å². The molecular formula is C15H18N2O3. The number of aromatic nitrogens is 1. The van der Waals surface area contributed by atoms with E-state index in [4.69, 9.17) is 9.84 Å². The van der Waals surface area contributed by atoms with E-state index in [1.165, 1.54) is 0 Å². The molecule has 2 rings (SSSR count). The Morgan fingerprint density at radius 2 is 2.45 bits per heavy atom. The zero-order chi connectivity index (χ0) is 14.4. The molecule has 0 spiro atoms. The van der Waals surface area contributed by atoms with Crippen LogP contribution in [-0.4, -0.2) is 53.8 Å². The van der Waals surface area contributed by atoms with Gasteiger partial charge in [-0.2, -0.15) is 0 Å². The highest BCUT2D eigenvalue weighted by Gasteiger charge is 2.25. The first kappa shape index (κ1) is 14.5. The van der Waals surface area contributed by atoms with Crippen LogP contribution in [0.3, 0.4) is 0 Å². The van der Waals surface area contributed by atoms with Crippen molar-refractivity contribution in [3.05, 3.63) is 29.6 Å². The second kappa shape index (κ2) is 7.04. The van der Waals surface area contributed by atoms with Crippen LogP contribution in [0.2, 0.25) is 0 Å². The number of nitrogens with zero attached hydrogens (tertiary/aromatic N) is 2. The Hall–Kier alpha value is -1.90. The van der Waals surface area contributed by atoms with E-state index in [0.717, 1.165) is 6.42 Å². The Kier molecular flexibility index (Phi) is 5.10. The van der Waals surface area contributed by atoms with E-state index in [2.05, 4.69) is 16.8 Å². The topological polar surface area (TPSA) is 62.7 Å². The lowest BCUT2D eigenvalue weighted by Gasteiger charge is -2.23. The summed E-state index contributed by atoms with van der Waals surface area (Å²) in [6.45, 7) is 1.32. The Labute approximate surface area is 118 Å². The normalized spacial score (nSPS) is 17.4. The van der Waals surface area contributed by atoms with E-state index in [-0.39, 0.29) is 18.6 Å². The minimum absolute atomic E-state index is 0.0312. The van der Waals surface area contributed by atoms with E-state index in [0.29, 0.717) is 30.8 Å². The molecule has 2 heterocycles. The van der Waals surface area contributed by atoms with Gasteiger partial charge in [-0.05, 0) is 12.5 Å². The van der Waals surface area contributed by atoms with Crippen LogP contribution in [0.5, 0.6) is 0 Å². The van der Waals surface area contributed by atoms with Crippen molar-refractivity contribution >= 4 is 5.91 Å². The quantitative estimate of drug-likeness (QED) is 0.823. The molecule has 1 aliphatic rings. The molecule has 1 saturated heterocycles. The van der Waals surface area contributed by atoms with Gasteiger partial charge in [-0.1, -0.05) is 11.8 Å². The van der Waals surface area contributed by atoms with Crippen LogP contribution in [0, 0.1) is 11.8 Å². The molecule has 0 saturated carbocycles. The number of aliphatic hydroxyl groups is 1. The summed E-state index contributed by atoms with van der Waals surface area (Å²) in [7, 11) is 1.78. The summed E-state index contributed by atoms with van der Waals surface area (Å²) in [6, 6.07) is 1.86. The number of likely N-dealkylation sites (N-methyl/N-ethyl adjacent to an activating group) is 1. The summed E-state index contributed by atoms with van der Waals surface area (Å²) in [5.41, 5.74) is 1.20. The molecule has 1 atom stereocenters. The Bertz CT molecular complexity index is 527. The largest absolute Gasteiger partial charge is 0.395 e. The third-order valence-corrected chi connectivity index (χ3v) is 3.23. The third-order valence-electron chi connectivity index (χ3n) is 3.23. The minimum atomic E-state index is -0.0705. The first-order valence-corrected chi connectivity index (χ1v) is 6.62. The number of carbonyl (C=O) groups is 1. The minimum Gasteiger partial charge on any atom is -0.395 e. The molecule has 0 bridgehead atoms. The summed E-state index contributed by atoms with van der Waals surface area (Å²) in [5.74, 6) is 5.63. The number of ether oxygens (including phenoxy) is 1.